The summed E-state index contributed by atoms with van der Waals surface area (Å²) in [7, 11) is -0.156. The third-order valence-electron chi connectivity index (χ3n) is 4.38. The number of ether oxygens (including phenoxy) is 1. The molecule has 2 aromatic rings. The van der Waals surface area contributed by atoms with Gasteiger partial charge >= 0.3 is 0 Å². The van der Waals surface area contributed by atoms with E-state index in [-0.39, 0.29) is 23.2 Å². The molecule has 1 aromatic heterocycles. The van der Waals surface area contributed by atoms with Gasteiger partial charge in [-0.2, -0.15) is 4.31 Å². The van der Waals surface area contributed by atoms with Crippen LogP contribution in [0.2, 0.25) is 0 Å². The fourth-order valence-electron chi connectivity index (χ4n) is 2.91. The maximum Gasteiger partial charge on any atom is 0.270 e. The maximum absolute atomic E-state index is 12.9. The molecule has 1 fully saturated rings. The number of hydrogen-bond acceptors (Lipinski definition) is 8. The molecule has 11 heteroatoms. The van der Waals surface area contributed by atoms with Gasteiger partial charge in [0.15, 0.2) is 5.82 Å². The Labute approximate surface area is 162 Å². The summed E-state index contributed by atoms with van der Waals surface area (Å²) >= 11 is 0. The van der Waals surface area contributed by atoms with Gasteiger partial charge in [-0.25, -0.2) is 8.42 Å². The van der Waals surface area contributed by atoms with Crippen LogP contribution in [-0.4, -0.2) is 61.1 Å². The van der Waals surface area contributed by atoms with E-state index in [1.807, 2.05) is 19.0 Å². The Kier molecular flexibility index (Phi) is 5.75. The second-order valence-corrected chi connectivity index (χ2v) is 8.56. The molecule has 0 aliphatic carbocycles. The lowest BCUT2D eigenvalue weighted by molar-refractivity contribution is -0.385. The molecular weight excluding hydrogens is 386 g/mol. The lowest BCUT2D eigenvalue weighted by Crippen LogP contribution is -2.44. The predicted octanol–water partition coefficient (Wildman–Crippen LogP) is 1.68. The number of nitro benzene ring substituents is 1. The largest absolute Gasteiger partial charge is 0.472 e. The lowest BCUT2D eigenvalue weighted by Gasteiger charge is -2.31. The van der Waals surface area contributed by atoms with Gasteiger partial charge in [0.25, 0.3) is 5.69 Å². The van der Waals surface area contributed by atoms with Crippen molar-refractivity contribution in [3.63, 3.8) is 0 Å². The number of non-ortho nitro benzene ring substituents is 1. The summed E-state index contributed by atoms with van der Waals surface area (Å²) in [5, 5.41) is 19.0. The number of nitro groups is 1. The van der Waals surface area contributed by atoms with Crippen LogP contribution in [0.5, 0.6) is 5.88 Å². The summed E-state index contributed by atoms with van der Waals surface area (Å²) in [6.45, 7) is 0.471. The van der Waals surface area contributed by atoms with E-state index < -0.39 is 14.9 Å². The van der Waals surface area contributed by atoms with Crippen molar-refractivity contribution >= 4 is 21.5 Å². The minimum absolute atomic E-state index is 0.0996. The van der Waals surface area contributed by atoms with Gasteiger partial charge in [-0.05, 0) is 25.0 Å². The number of hydrogen-bond donors (Lipinski definition) is 0. The van der Waals surface area contributed by atoms with Gasteiger partial charge < -0.3 is 9.64 Å². The van der Waals surface area contributed by atoms with Crippen LogP contribution in [0.15, 0.2) is 41.3 Å². The third kappa shape index (κ3) is 4.37. The average Bonchev–Trinajstić information content (AvgIpc) is 2.68. The van der Waals surface area contributed by atoms with Crippen molar-refractivity contribution in [3.05, 3.63) is 46.5 Å². The Hall–Kier alpha value is -2.79. The molecule has 0 spiro atoms. The Morgan fingerprint density at radius 3 is 2.68 bits per heavy atom. The summed E-state index contributed by atoms with van der Waals surface area (Å²) < 4.78 is 32.9. The van der Waals surface area contributed by atoms with Crippen molar-refractivity contribution in [1.29, 1.82) is 0 Å². The number of benzene rings is 1. The standard InChI is InChI=1S/C17H21N5O5S/c1-20(2)16-8-9-17(19-18-16)27-14-6-4-10-21(12-14)28(25,26)15-7-3-5-13(11-15)22(23)24/h3,5,7-9,11,14H,4,6,10,12H2,1-2H3. The van der Waals surface area contributed by atoms with Gasteiger partial charge in [-0.3, -0.25) is 10.1 Å². The summed E-state index contributed by atoms with van der Waals surface area (Å²) in [5.41, 5.74) is -0.262. The van der Waals surface area contributed by atoms with E-state index >= 15 is 0 Å². The number of anilines is 1. The van der Waals surface area contributed by atoms with Crippen molar-refractivity contribution < 1.29 is 18.1 Å². The molecule has 3 rings (SSSR count). The third-order valence-corrected chi connectivity index (χ3v) is 6.24. The highest BCUT2D eigenvalue weighted by molar-refractivity contribution is 7.89. The quantitative estimate of drug-likeness (QED) is 0.524. The first-order valence-corrected chi connectivity index (χ1v) is 10.1. The maximum atomic E-state index is 12.9. The first kappa shape index (κ1) is 20.0. The molecular formula is C17H21N5O5S. The number of nitrogens with zero attached hydrogens (tertiary/aromatic N) is 5. The lowest BCUT2D eigenvalue weighted by atomic mass is 10.1. The summed E-state index contributed by atoms with van der Waals surface area (Å²) in [4.78, 5) is 12.0. The van der Waals surface area contributed by atoms with E-state index in [2.05, 4.69) is 10.2 Å². The fourth-order valence-corrected chi connectivity index (χ4v) is 4.46. The van der Waals surface area contributed by atoms with Gasteiger partial charge in [-0.1, -0.05) is 6.07 Å². The van der Waals surface area contributed by atoms with Crippen LogP contribution in [-0.2, 0) is 10.0 Å². The van der Waals surface area contributed by atoms with E-state index in [4.69, 9.17) is 4.74 Å². The molecule has 0 amide bonds. The van der Waals surface area contributed by atoms with Crippen LogP contribution in [0.1, 0.15) is 12.8 Å². The molecule has 10 nitrogen and oxygen atoms in total. The number of sulfonamides is 1. The van der Waals surface area contributed by atoms with E-state index in [1.54, 1.807) is 12.1 Å². The highest BCUT2D eigenvalue weighted by atomic mass is 32.2. The SMILES string of the molecule is CN(C)c1ccc(OC2CCCN(S(=O)(=O)c3cccc([N+](=O)[O-])c3)C2)nn1. The van der Waals surface area contributed by atoms with Crippen LogP contribution >= 0.6 is 0 Å². The van der Waals surface area contributed by atoms with Crippen LogP contribution < -0.4 is 9.64 Å². The molecule has 0 radical (unpaired) electrons. The molecule has 1 aliphatic heterocycles. The molecule has 2 heterocycles. The van der Waals surface area contributed by atoms with Crippen molar-refractivity contribution in [2.75, 3.05) is 32.1 Å². The van der Waals surface area contributed by atoms with Gasteiger partial charge in [0.05, 0.1) is 16.4 Å². The second-order valence-electron chi connectivity index (χ2n) is 6.62. The van der Waals surface area contributed by atoms with Gasteiger partial charge in [0.1, 0.15) is 6.10 Å². The van der Waals surface area contributed by atoms with Crippen LogP contribution in [0, 0.1) is 10.1 Å². The van der Waals surface area contributed by atoms with Crippen LogP contribution in [0.25, 0.3) is 0 Å². The van der Waals surface area contributed by atoms with Gasteiger partial charge in [0.2, 0.25) is 15.9 Å². The normalized spacial score (nSPS) is 17.9. The Morgan fingerprint density at radius 1 is 1.25 bits per heavy atom. The van der Waals surface area contributed by atoms with E-state index in [0.29, 0.717) is 31.1 Å². The predicted molar refractivity (Wildman–Crippen MR) is 102 cm³/mol. The Morgan fingerprint density at radius 2 is 2.04 bits per heavy atom. The number of rotatable bonds is 6. The fraction of sp³-hybridized carbons (Fsp3) is 0.412. The summed E-state index contributed by atoms with van der Waals surface area (Å²) in [5.74, 6) is 1.01. The molecule has 1 aromatic carbocycles. The zero-order chi connectivity index (χ0) is 20.3. The molecule has 0 saturated carbocycles. The number of aromatic nitrogens is 2. The van der Waals surface area contributed by atoms with Gasteiger partial charge in [-0.15, -0.1) is 10.2 Å². The molecule has 150 valence electrons. The Bertz CT molecular complexity index is 949. The monoisotopic (exact) mass is 407 g/mol. The Balaban J connectivity index is 1.73. The van der Waals surface area contributed by atoms with Crippen LogP contribution in [0.3, 0.4) is 0 Å². The smallest absolute Gasteiger partial charge is 0.270 e. The first-order valence-electron chi connectivity index (χ1n) is 8.69. The van der Waals surface area contributed by atoms with Crippen molar-refractivity contribution in [3.8, 4) is 5.88 Å². The van der Waals surface area contributed by atoms with Crippen molar-refractivity contribution in [2.45, 2.75) is 23.8 Å². The average molecular weight is 407 g/mol. The molecule has 1 aliphatic rings. The van der Waals surface area contributed by atoms with Gasteiger partial charge in [0, 0.05) is 38.8 Å². The summed E-state index contributed by atoms with van der Waals surface area (Å²) in [6.07, 6.45) is 0.918. The zero-order valence-corrected chi connectivity index (χ0v) is 16.4. The first-order chi connectivity index (χ1) is 13.3. The highest BCUT2D eigenvalue weighted by Gasteiger charge is 2.32. The second kappa shape index (κ2) is 8.07. The van der Waals surface area contributed by atoms with E-state index in [0.717, 1.165) is 6.07 Å². The topological polar surface area (TPSA) is 119 Å². The van der Waals surface area contributed by atoms with E-state index in [1.165, 1.54) is 22.5 Å². The molecule has 28 heavy (non-hydrogen) atoms. The van der Waals surface area contributed by atoms with Crippen molar-refractivity contribution in [2.24, 2.45) is 0 Å². The molecule has 0 N–H and O–H groups in total. The minimum Gasteiger partial charge on any atom is -0.472 e. The minimum atomic E-state index is -3.86. The van der Waals surface area contributed by atoms with E-state index in [9.17, 15) is 18.5 Å². The zero-order valence-electron chi connectivity index (χ0n) is 15.6. The number of piperidine rings is 1. The summed E-state index contributed by atoms with van der Waals surface area (Å²) in [6, 6.07) is 8.52. The molecule has 1 saturated heterocycles. The van der Waals surface area contributed by atoms with Crippen LogP contribution in [0.4, 0.5) is 11.5 Å². The highest BCUT2D eigenvalue weighted by Crippen LogP contribution is 2.25. The molecule has 1 atom stereocenters. The molecule has 0 bridgehead atoms. The van der Waals surface area contributed by atoms with Crippen molar-refractivity contribution in [1.82, 2.24) is 14.5 Å². The molecule has 1 unspecified atom stereocenters.